The number of aromatic nitrogens is 2. The zero-order valence-corrected chi connectivity index (χ0v) is 15.7. The van der Waals surface area contributed by atoms with Gasteiger partial charge in [-0.2, -0.15) is 0 Å². The van der Waals surface area contributed by atoms with Crippen LogP contribution in [-0.2, 0) is 0 Å². The Labute approximate surface area is 160 Å². The first kappa shape index (κ1) is 18.9. The van der Waals surface area contributed by atoms with Crippen LogP contribution < -0.4 is 15.4 Å². The van der Waals surface area contributed by atoms with Crippen LogP contribution in [0, 0.1) is 0 Å². The summed E-state index contributed by atoms with van der Waals surface area (Å²) >= 11 is 0. The molecule has 0 radical (unpaired) electrons. The van der Waals surface area contributed by atoms with E-state index in [1.54, 1.807) is 24.4 Å². The SMILES string of the molecule is CCOc1ccc(NC(=O)c2ccnc(NCCC3=CCCCC3)n2)cc1. The number of amides is 1. The van der Waals surface area contributed by atoms with Gasteiger partial charge in [-0.25, -0.2) is 9.97 Å². The third-order valence-corrected chi connectivity index (χ3v) is 4.43. The van der Waals surface area contributed by atoms with Crippen LogP contribution in [0.15, 0.2) is 48.2 Å². The molecular formula is C21H26N4O2. The van der Waals surface area contributed by atoms with E-state index in [1.165, 1.54) is 31.3 Å². The summed E-state index contributed by atoms with van der Waals surface area (Å²) in [5.74, 6) is 0.988. The third-order valence-electron chi connectivity index (χ3n) is 4.43. The molecule has 1 aromatic heterocycles. The summed E-state index contributed by atoms with van der Waals surface area (Å²) in [4.78, 5) is 21.0. The lowest BCUT2D eigenvalue weighted by Gasteiger charge is -2.13. The highest BCUT2D eigenvalue weighted by Crippen LogP contribution is 2.20. The van der Waals surface area contributed by atoms with E-state index in [2.05, 4.69) is 26.7 Å². The smallest absolute Gasteiger partial charge is 0.274 e. The van der Waals surface area contributed by atoms with Gasteiger partial charge in [0.25, 0.3) is 5.91 Å². The van der Waals surface area contributed by atoms with Crippen LogP contribution in [0.25, 0.3) is 0 Å². The van der Waals surface area contributed by atoms with Gasteiger partial charge in [0.05, 0.1) is 6.61 Å². The first-order chi connectivity index (χ1) is 13.2. The van der Waals surface area contributed by atoms with Crippen molar-refractivity contribution in [3.05, 3.63) is 53.9 Å². The molecule has 1 aromatic carbocycles. The summed E-state index contributed by atoms with van der Waals surface area (Å²) in [5.41, 5.74) is 2.53. The van der Waals surface area contributed by atoms with Gasteiger partial charge in [-0.3, -0.25) is 4.79 Å². The molecule has 1 aliphatic carbocycles. The summed E-state index contributed by atoms with van der Waals surface area (Å²) in [7, 11) is 0. The van der Waals surface area contributed by atoms with Crippen molar-refractivity contribution in [2.45, 2.75) is 39.0 Å². The number of ether oxygens (including phenoxy) is 1. The predicted octanol–water partition coefficient (Wildman–Crippen LogP) is 4.43. The monoisotopic (exact) mass is 366 g/mol. The lowest BCUT2D eigenvalue weighted by Crippen LogP contribution is -2.15. The molecule has 0 saturated heterocycles. The van der Waals surface area contributed by atoms with Crippen molar-refractivity contribution >= 4 is 17.5 Å². The van der Waals surface area contributed by atoms with Crippen molar-refractivity contribution in [1.82, 2.24) is 9.97 Å². The first-order valence-corrected chi connectivity index (χ1v) is 9.53. The Bertz CT molecular complexity index is 787. The van der Waals surface area contributed by atoms with Gasteiger partial charge >= 0.3 is 0 Å². The maximum absolute atomic E-state index is 12.4. The Morgan fingerprint density at radius 1 is 1.19 bits per heavy atom. The molecule has 27 heavy (non-hydrogen) atoms. The summed E-state index contributed by atoms with van der Waals surface area (Å²) < 4.78 is 5.40. The summed E-state index contributed by atoms with van der Waals surface area (Å²) in [6.45, 7) is 3.32. The Kier molecular flexibility index (Phi) is 6.79. The van der Waals surface area contributed by atoms with E-state index in [-0.39, 0.29) is 5.91 Å². The molecule has 0 saturated carbocycles. The molecule has 0 unspecified atom stereocenters. The molecule has 2 N–H and O–H groups in total. The highest BCUT2D eigenvalue weighted by molar-refractivity contribution is 6.02. The van der Waals surface area contributed by atoms with Crippen molar-refractivity contribution < 1.29 is 9.53 Å². The van der Waals surface area contributed by atoms with E-state index in [9.17, 15) is 4.79 Å². The predicted molar refractivity (Wildman–Crippen MR) is 107 cm³/mol. The van der Waals surface area contributed by atoms with Gasteiger partial charge in [-0.05, 0) is 69.4 Å². The van der Waals surface area contributed by atoms with Gasteiger partial charge < -0.3 is 15.4 Å². The number of allylic oxidation sites excluding steroid dienone is 1. The van der Waals surface area contributed by atoms with Crippen LogP contribution in [0.1, 0.15) is 49.5 Å². The number of anilines is 2. The van der Waals surface area contributed by atoms with Crippen LogP contribution >= 0.6 is 0 Å². The minimum Gasteiger partial charge on any atom is -0.494 e. The van der Waals surface area contributed by atoms with Gasteiger partial charge in [0.2, 0.25) is 5.95 Å². The van der Waals surface area contributed by atoms with Crippen molar-refractivity contribution in [2.24, 2.45) is 0 Å². The van der Waals surface area contributed by atoms with Crippen LogP contribution in [-0.4, -0.2) is 29.0 Å². The molecule has 1 amide bonds. The highest BCUT2D eigenvalue weighted by Gasteiger charge is 2.10. The molecule has 0 bridgehead atoms. The normalized spacial score (nSPS) is 13.6. The minimum absolute atomic E-state index is 0.264. The highest BCUT2D eigenvalue weighted by atomic mass is 16.5. The molecular weight excluding hydrogens is 340 g/mol. The molecule has 6 nitrogen and oxygen atoms in total. The van der Waals surface area contributed by atoms with Crippen molar-refractivity contribution in [2.75, 3.05) is 23.8 Å². The lowest BCUT2D eigenvalue weighted by molar-refractivity contribution is 0.102. The molecule has 2 aromatic rings. The van der Waals surface area contributed by atoms with E-state index in [1.807, 2.05) is 19.1 Å². The fourth-order valence-corrected chi connectivity index (χ4v) is 3.03. The van der Waals surface area contributed by atoms with E-state index in [0.29, 0.717) is 23.9 Å². The number of nitrogens with one attached hydrogen (secondary N) is 2. The Balaban J connectivity index is 1.54. The zero-order valence-electron chi connectivity index (χ0n) is 15.7. The average Bonchev–Trinajstić information content (AvgIpc) is 2.71. The maximum Gasteiger partial charge on any atom is 0.274 e. The number of nitrogens with zero attached hydrogens (tertiary/aromatic N) is 2. The number of hydrogen-bond acceptors (Lipinski definition) is 5. The van der Waals surface area contributed by atoms with E-state index in [4.69, 9.17) is 4.74 Å². The quantitative estimate of drug-likeness (QED) is 0.676. The minimum atomic E-state index is -0.264. The molecule has 3 rings (SSSR count). The van der Waals surface area contributed by atoms with E-state index >= 15 is 0 Å². The third kappa shape index (κ3) is 5.81. The van der Waals surface area contributed by atoms with Crippen LogP contribution in [0.5, 0.6) is 5.75 Å². The molecule has 142 valence electrons. The standard InChI is InChI=1S/C21H26N4O2/c1-2-27-18-10-8-17(9-11-18)24-20(26)19-13-15-23-21(25-19)22-14-12-16-6-4-3-5-7-16/h6,8-11,13,15H,2-5,7,12,14H2,1H3,(H,24,26)(H,22,23,25). The van der Waals surface area contributed by atoms with Crippen LogP contribution in [0.3, 0.4) is 0 Å². The van der Waals surface area contributed by atoms with Gasteiger partial charge in [0, 0.05) is 18.4 Å². The number of carbonyl (C=O) groups excluding carboxylic acids is 1. The topological polar surface area (TPSA) is 76.1 Å². The summed E-state index contributed by atoms with van der Waals surface area (Å²) in [6, 6.07) is 8.87. The Morgan fingerprint density at radius 3 is 2.78 bits per heavy atom. The second kappa shape index (κ2) is 9.71. The summed E-state index contributed by atoms with van der Waals surface area (Å²) in [6.07, 6.45) is 9.89. The Morgan fingerprint density at radius 2 is 2.04 bits per heavy atom. The molecule has 0 fully saturated rings. The molecule has 0 spiro atoms. The van der Waals surface area contributed by atoms with Crippen LogP contribution in [0.4, 0.5) is 11.6 Å². The average molecular weight is 366 g/mol. The van der Waals surface area contributed by atoms with Crippen molar-refractivity contribution in [1.29, 1.82) is 0 Å². The number of rotatable bonds is 8. The molecule has 1 heterocycles. The van der Waals surface area contributed by atoms with E-state index < -0.39 is 0 Å². The van der Waals surface area contributed by atoms with Gasteiger partial charge in [0.15, 0.2) is 0 Å². The van der Waals surface area contributed by atoms with Crippen LogP contribution in [0.2, 0.25) is 0 Å². The second-order valence-electron chi connectivity index (χ2n) is 6.46. The van der Waals surface area contributed by atoms with Gasteiger partial charge in [-0.1, -0.05) is 11.6 Å². The first-order valence-electron chi connectivity index (χ1n) is 9.53. The van der Waals surface area contributed by atoms with Crippen molar-refractivity contribution in [3.63, 3.8) is 0 Å². The number of carbonyl (C=O) groups is 1. The van der Waals surface area contributed by atoms with Crippen molar-refractivity contribution in [3.8, 4) is 5.75 Å². The fraction of sp³-hybridized carbons (Fsp3) is 0.381. The zero-order chi connectivity index (χ0) is 18.9. The number of hydrogen-bond donors (Lipinski definition) is 2. The molecule has 1 aliphatic rings. The number of benzene rings is 1. The molecule has 0 atom stereocenters. The molecule has 0 aliphatic heterocycles. The lowest BCUT2D eigenvalue weighted by atomic mass is 9.97. The fourth-order valence-electron chi connectivity index (χ4n) is 3.03. The second-order valence-corrected chi connectivity index (χ2v) is 6.46. The van der Waals surface area contributed by atoms with Gasteiger partial charge in [0.1, 0.15) is 11.4 Å². The Hall–Kier alpha value is -2.89. The molecule has 6 heteroatoms. The van der Waals surface area contributed by atoms with E-state index in [0.717, 1.165) is 18.7 Å². The maximum atomic E-state index is 12.4. The largest absolute Gasteiger partial charge is 0.494 e. The summed E-state index contributed by atoms with van der Waals surface area (Å²) in [5, 5.41) is 6.05. The van der Waals surface area contributed by atoms with Gasteiger partial charge in [-0.15, -0.1) is 0 Å².